The van der Waals surface area contributed by atoms with Gasteiger partial charge < -0.3 is 20.1 Å². The predicted octanol–water partition coefficient (Wildman–Crippen LogP) is 3.27. The molecule has 0 unspecified atom stereocenters. The van der Waals surface area contributed by atoms with E-state index in [-0.39, 0.29) is 5.91 Å². The summed E-state index contributed by atoms with van der Waals surface area (Å²) < 4.78 is 10.5. The SMILES string of the molecule is COc1ccc(NCc2ccc(NC(C)=O)cc2)cc1OC. The number of methoxy groups -OCH3 is 2. The predicted molar refractivity (Wildman–Crippen MR) is 87.6 cm³/mol. The van der Waals surface area contributed by atoms with Gasteiger partial charge in [-0.2, -0.15) is 0 Å². The lowest BCUT2D eigenvalue weighted by Crippen LogP contribution is -2.06. The Bertz CT molecular complexity index is 639. The highest BCUT2D eigenvalue weighted by Crippen LogP contribution is 2.29. The van der Waals surface area contributed by atoms with Gasteiger partial charge in [0, 0.05) is 30.9 Å². The number of hydrogen-bond acceptors (Lipinski definition) is 4. The summed E-state index contributed by atoms with van der Waals surface area (Å²) in [5.74, 6) is 1.32. The van der Waals surface area contributed by atoms with Crippen molar-refractivity contribution in [3.63, 3.8) is 0 Å². The molecule has 0 saturated heterocycles. The Balaban J connectivity index is 1.99. The number of hydrogen-bond donors (Lipinski definition) is 2. The Labute approximate surface area is 130 Å². The van der Waals surface area contributed by atoms with E-state index in [2.05, 4.69) is 10.6 Å². The molecule has 116 valence electrons. The first-order valence-corrected chi connectivity index (χ1v) is 6.95. The summed E-state index contributed by atoms with van der Waals surface area (Å²) in [6, 6.07) is 13.4. The number of ether oxygens (including phenoxy) is 2. The van der Waals surface area contributed by atoms with Crippen molar-refractivity contribution >= 4 is 17.3 Å². The van der Waals surface area contributed by atoms with Gasteiger partial charge in [0.15, 0.2) is 11.5 Å². The van der Waals surface area contributed by atoms with Gasteiger partial charge in [0.25, 0.3) is 0 Å². The van der Waals surface area contributed by atoms with Crippen LogP contribution in [0.4, 0.5) is 11.4 Å². The van der Waals surface area contributed by atoms with E-state index in [1.54, 1.807) is 14.2 Å². The topological polar surface area (TPSA) is 59.6 Å². The quantitative estimate of drug-likeness (QED) is 0.859. The summed E-state index contributed by atoms with van der Waals surface area (Å²) in [6.07, 6.45) is 0. The Morgan fingerprint density at radius 1 is 0.955 bits per heavy atom. The van der Waals surface area contributed by atoms with Crippen LogP contribution in [0.1, 0.15) is 12.5 Å². The van der Waals surface area contributed by atoms with E-state index < -0.39 is 0 Å². The molecule has 0 saturated carbocycles. The Kier molecular flexibility index (Phi) is 5.25. The molecular weight excluding hydrogens is 280 g/mol. The van der Waals surface area contributed by atoms with Crippen LogP contribution >= 0.6 is 0 Å². The van der Waals surface area contributed by atoms with Crippen LogP contribution in [0.2, 0.25) is 0 Å². The van der Waals surface area contributed by atoms with Crippen molar-refractivity contribution in [3.05, 3.63) is 48.0 Å². The average Bonchev–Trinajstić information content (AvgIpc) is 2.53. The number of nitrogens with one attached hydrogen (secondary N) is 2. The molecule has 2 rings (SSSR count). The molecule has 2 N–H and O–H groups in total. The maximum atomic E-state index is 11.0. The van der Waals surface area contributed by atoms with E-state index in [4.69, 9.17) is 9.47 Å². The molecule has 0 spiro atoms. The highest BCUT2D eigenvalue weighted by molar-refractivity contribution is 5.88. The highest BCUT2D eigenvalue weighted by atomic mass is 16.5. The van der Waals surface area contributed by atoms with Crippen molar-refractivity contribution in [2.45, 2.75) is 13.5 Å². The van der Waals surface area contributed by atoms with E-state index in [9.17, 15) is 4.79 Å². The minimum atomic E-state index is -0.0730. The average molecular weight is 300 g/mol. The fourth-order valence-electron chi connectivity index (χ4n) is 2.06. The van der Waals surface area contributed by atoms with Crippen molar-refractivity contribution in [2.75, 3.05) is 24.9 Å². The summed E-state index contributed by atoms with van der Waals surface area (Å²) >= 11 is 0. The first-order chi connectivity index (χ1) is 10.6. The van der Waals surface area contributed by atoms with Crippen LogP contribution in [0.5, 0.6) is 11.5 Å². The summed E-state index contributed by atoms with van der Waals surface area (Å²) in [5, 5.41) is 6.07. The molecule has 22 heavy (non-hydrogen) atoms. The summed E-state index contributed by atoms with van der Waals surface area (Å²) in [4.78, 5) is 11.0. The molecule has 0 aliphatic heterocycles. The molecule has 0 aromatic heterocycles. The number of carbonyl (C=O) groups is 1. The van der Waals surface area contributed by atoms with Crippen LogP contribution in [0.3, 0.4) is 0 Å². The zero-order chi connectivity index (χ0) is 15.9. The molecule has 0 fully saturated rings. The molecule has 0 bridgehead atoms. The smallest absolute Gasteiger partial charge is 0.221 e. The lowest BCUT2D eigenvalue weighted by molar-refractivity contribution is -0.114. The highest BCUT2D eigenvalue weighted by Gasteiger charge is 2.04. The Morgan fingerprint density at radius 2 is 1.59 bits per heavy atom. The van der Waals surface area contributed by atoms with E-state index in [0.717, 1.165) is 16.9 Å². The molecule has 2 aromatic rings. The third-order valence-corrected chi connectivity index (χ3v) is 3.15. The van der Waals surface area contributed by atoms with Gasteiger partial charge in [0.05, 0.1) is 14.2 Å². The first kappa shape index (κ1) is 15.7. The van der Waals surface area contributed by atoms with E-state index in [0.29, 0.717) is 18.0 Å². The van der Waals surface area contributed by atoms with Crippen LogP contribution in [0.15, 0.2) is 42.5 Å². The van der Waals surface area contributed by atoms with Gasteiger partial charge in [-0.3, -0.25) is 4.79 Å². The maximum absolute atomic E-state index is 11.0. The van der Waals surface area contributed by atoms with Gasteiger partial charge in [-0.05, 0) is 29.8 Å². The van der Waals surface area contributed by atoms with Crippen LogP contribution in [-0.2, 0) is 11.3 Å². The lowest BCUT2D eigenvalue weighted by atomic mass is 10.2. The van der Waals surface area contributed by atoms with Gasteiger partial charge in [-0.25, -0.2) is 0 Å². The summed E-state index contributed by atoms with van der Waals surface area (Å²) in [7, 11) is 3.23. The van der Waals surface area contributed by atoms with Crippen LogP contribution in [-0.4, -0.2) is 20.1 Å². The molecule has 0 atom stereocenters. The molecule has 2 aromatic carbocycles. The molecule has 0 heterocycles. The summed E-state index contributed by atoms with van der Waals surface area (Å²) in [6.45, 7) is 2.17. The zero-order valence-electron chi connectivity index (χ0n) is 13.0. The number of benzene rings is 2. The summed E-state index contributed by atoms with van der Waals surface area (Å²) in [5.41, 5.74) is 2.86. The molecule has 5 heteroatoms. The standard InChI is InChI=1S/C17H20N2O3/c1-12(20)19-14-6-4-13(5-7-14)11-18-15-8-9-16(21-2)17(10-15)22-3/h4-10,18H,11H2,1-3H3,(H,19,20). The minimum absolute atomic E-state index is 0.0730. The second kappa shape index (κ2) is 7.36. The third kappa shape index (κ3) is 4.15. The molecule has 1 amide bonds. The second-order valence-corrected chi connectivity index (χ2v) is 4.80. The van der Waals surface area contributed by atoms with E-state index in [1.807, 2.05) is 42.5 Å². The van der Waals surface area contributed by atoms with Gasteiger partial charge >= 0.3 is 0 Å². The van der Waals surface area contributed by atoms with Gasteiger partial charge in [0.1, 0.15) is 0 Å². The normalized spacial score (nSPS) is 9.95. The van der Waals surface area contributed by atoms with Gasteiger partial charge in [0.2, 0.25) is 5.91 Å². The molecule has 0 aliphatic rings. The number of rotatable bonds is 6. The second-order valence-electron chi connectivity index (χ2n) is 4.80. The van der Waals surface area contributed by atoms with Crippen molar-refractivity contribution in [3.8, 4) is 11.5 Å². The van der Waals surface area contributed by atoms with Crippen molar-refractivity contribution in [1.82, 2.24) is 0 Å². The van der Waals surface area contributed by atoms with Crippen molar-refractivity contribution in [2.24, 2.45) is 0 Å². The van der Waals surface area contributed by atoms with Crippen molar-refractivity contribution in [1.29, 1.82) is 0 Å². The molecule has 0 aliphatic carbocycles. The minimum Gasteiger partial charge on any atom is -0.493 e. The number of carbonyl (C=O) groups excluding carboxylic acids is 1. The zero-order valence-corrected chi connectivity index (χ0v) is 13.0. The van der Waals surface area contributed by atoms with E-state index >= 15 is 0 Å². The Hall–Kier alpha value is -2.69. The third-order valence-electron chi connectivity index (χ3n) is 3.15. The van der Waals surface area contributed by atoms with Gasteiger partial charge in [-0.1, -0.05) is 12.1 Å². The number of anilines is 2. The van der Waals surface area contributed by atoms with Crippen LogP contribution in [0, 0.1) is 0 Å². The van der Waals surface area contributed by atoms with Gasteiger partial charge in [-0.15, -0.1) is 0 Å². The molecule has 5 nitrogen and oxygen atoms in total. The fourth-order valence-corrected chi connectivity index (χ4v) is 2.06. The molecule has 0 radical (unpaired) electrons. The number of amides is 1. The van der Waals surface area contributed by atoms with Crippen molar-refractivity contribution < 1.29 is 14.3 Å². The monoisotopic (exact) mass is 300 g/mol. The van der Waals surface area contributed by atoms with Crippen LogP contribution in [0.25, 0.3) is 0 Å². The Morgan fingerprint density at radius 3 is 2.18 bits per heavy atom. The maximum Gasteiger partial charge on any atom is 0.221 e. The van der Waals surface area contributed by atoms with E-state index in [1.165, 1.54) is 6.92 Å². The largest absolute Gasteiger partial charge is 0.493 e. The van der Waals surface area contributed by atoms with Crippen LogP contribution < -0.4 is 20.1 Å². The first-order valence-electron chi connectivity index (χ1n) is 6.95. The lowest BCUT2D eigenvalue weighted by Gasteiger charge is -2.11. The fraction of sp³-hybridized carbons (Fsp3) is 0.235. The molecular formula is C17H20N2O3.